The fourth-order valence-electron chi connectivity index (χ4n) is 1.69. The van der Waals surface area contributed by atoms with Crippen molar-refractivity contribution in [3.8, 4) is 0 Å². The van der Waals surface area contributed by atoms with Crippen molar-refractivity contribution in [3.05, 3.63) is 11.3 Å². The van der Waals surface area contributed by atoms with E-state index < -0.39 is 0 Å². The Kier molecular flexibility index (Phi) is 1.46. The first-order valence-electron chi connectivity index (χ1n) is 3.96. The molecular formula is C8H12N2O. The maximum absolute atomic E-state index is 9.30. The van der Waals surface area contributed by atoms with Gasteiger partial charge in [-0.05, 0) is 18.4 Å². The zero-order chi connectivity index (χ0) is 7.84. The smallest absolute Gasteiger partial charge is 0.0791 e. The number of hydrogen-bond acceptors (Lipinski definition) is 3. The lowest BCUT2D eigenvalue weighted by atomic mass is 9.91. The van der Waals surface area contributed by atoms with E-state index in [0.717, 1.165) is 24.3 Å². The number of fused-ring (bicyclic) bond motifs is 1. The second-order valence-electron chi connectivity index (χ2n) is 3.16. The van der Waals surface area contributed by atoms with Crippen LogP contribution in [0.4, 0.5) is 0 Å². The van der Waals surface area contributed by atoms with E-state index in [1.54, 1.807) is 0 Å². The summed E-state index contributed by atoms with van der Waals surface area (Å²) in [6.45, 7) is 0.650. The first-order valence-corrected chi connectivity index (χ1v) is 3.96. The maximum atomic E-state index is 9.30. The minimum atomic E-state index is -0.191. The first kappa shape index (κ1) is 6.85. The van der Waals surface area contributed by atoms with Crippen LogP contribution in [0.3, 0.4) is 0 Å². The molecule has 0 radical (unpaired) electrons. The summed E-state index contributed by atoms with van der Waals surface area (Å²) in [5, 5.41) is 9.30. The highest BCUT2D eigenvalue weighted by Crippen LogP contribution is 2.26. The molecule has 2 aliphatic rings. The molecule has 0 unspecified atom stereocenters. The Hall–Kier alpha value is -0.830. The van der Waals surface area contributed by atoms with E-state index in [0.29, 0.717) is 13.0 Å². The van der Waals surface area contributed by atoms with Gasteiger partial charge in [0.2, 0.25) is 0 Å². The predicted molar refractivity (Wildman–Crippen MR) is 43.4 cm³/mol. The lowest BCUT2D eigenvalue weighted by Gasteiger charge is -2.19. The SMILES string of the molecule is NC1=C2CC[C@@H](O)CC2=NC1. The van der Waals surface area contributed by atoms with E-state index >= 15 is 0 Å². The Morgan fingerprint density at radius 1 is 1.55 bits per heavy atom. The van der Waals surface area contributed by atoms with Crippen LogP contribution in [0.2, 0.25) is 0 Å². The number of aliphatic hydroxyl groups excluding tert-OH is 1. The molecule has 0 bridgehead atoms. The first-order chi connectivity index (χ1) is 5.27. The summed E-state index contributed by atoms with van der Waals surface area (Å²) in [5.74, 6) is 0. The van der Waals surface area contributed by atoms with Crippen molar-refractivity contribution in [2.24, 2.45) is 10.7 Å². The molecule has 1 fully saturated rings. The zero-order valence-corrected chi connectivity index (χ0v) is 6.38. The zero-order valence-electron chi connectivity index (χ0n) is 6.38. The maximum Gasteiger partial charge on any atom is 0.0791 e. The van der Waals surface area contributed by atoms with Crippen molar-refractivity contribution in [2.45, 2.75) is 25.4 Å². The normalized spacial score (nSPS) is 30.3. The Labute approximate surface area is 65.6 Å². The quantitative estimate of drug-likeness (QED) is 0.521. The van der Waals surface area contributed by atoms with Crippen molar-refractivity contribution in [1.29, 1.82) is 0 Å². The third-order valence-electron chi connectivity index (χ3n) is 2.33. The Bertz CT molecular complexity index is 242. The molecule has 0 amide bonds. The third kappa shape index (κ3) is 1.05. The molecule has 0 saturated heterocycles. The molecule has 2 rings (SSSR count). The lowest BCUT2D eigenvalue weighted by molar-refractivity contribution is 0.168. The van der Waals surface area contributed by atoms with E-state index in [1.165, 1.54) is 5.57 Å². The lowest BCUT2D eigenvalue weighted by Crippen LogP contribution is -2.21. The van der Waals surface area contributed by atoms with Gasteiger partial charge in [-0.1, -0.05) is 0 Å². The van der Waals surface area contributed by atoms with Gasteiger partial charge in [0.25, 0.3) is 0 Å². The second-order valence-corrected chi connectivity index (χ2v) is 3.16. The van der Waals surface area contributed by atoms with Gasteiger partial charge in [-0.25, -0.2) is 0 Å². The number of aliphatic hydroxyl groups is 1. The minimum Gasteiger partial charge on any atom is -0.400 e. The summed E-state index contributed by atoms with van der Waals surface area (Å²) in [6.07, 6.45) is 2.26. The van der Waals surface area contributed by atoms with E-state index in [2.05, 4.69) is 4.99 Å². The summed E-state index contributed by atoms with van der Waals surface area (Å²) < 4.78 is 0. The summed E-state index contributed by atoms with van der Waals surface area (Å²) in [7, 11) is 0. The average Bonchev–Trinajstić information content (AvgIpc) is 2.32. The fraction of sp³-hybridized carbons (Fsp3) is 0.625. The van der Waals surface area contributed by atoms with Crippen LogP contribution in [-0.4, -0.2) is 23.5 Å². The number of nitrogens with two attached hydrogens (primary N) is 1. The Morgan fingerprint density at radius 3 is 3.18 bits per heavy atom. The highest BCUT2D eigenvalue weighted by Gasteiger charge is 2.25. The molecule has 1 heterocycles. The van der Waals surface area contributed by atoms with Crippen LogP contribution in [-0.2, 0) is 0 Å². The van der Waals surface area contributed by atoms with E-state index in [1.807, 2.05) is 0 Å². The topological polar surface area (TPSA) is 58.6 Å². The number of allylic oxidation sites excluding steroid dienone is 1. The standard InChI is InChI=1S/C8H12N2O/c9-7-4-10-8-3-5(11)1-2-6(7)8/h5,11H,1-4,9H2/t5-/m1/s1. The van der Waals surface area contributed by atoms with Crippen LogP contribution in [0.5, 0.6) is 0 Å². The predicted octanol–water partition coefficient (Wildman–Crippen LogP) is 0.199. The number of nitrogens with zero attached hydrogens (tertiary/aromatic N) is 1. The number of rotatable bonds is 0. The molecule has 3 heteroatoms. The van der Waals surface area contributed by atoms with Crippen LogP contribution < -0.4 is 5.73 Å². The van der Waals surface area contributed by atoms with Crippen molar-refractivity contribution in [3.63, 3.8) is 0 Å². The van der Waals surface area contributed by atoms with Gasteiger partial charge in [-0.2, -0.15) is 0 Å². The molecule has 1 atom stereocenters. The summed E-state index contributed by atoms with van der Waals surface area (Å²) in [5.41, 5.74) is 8.87. The number of aliphatic imine (C=N–C) groups is 1. The molecule has 1 saturated carbocycles. The Morgan fingerprint density at radius 2 is 2.36 bits per heavy atom. The van der Waals surface area contributed by atoms with E-state index in [4.69, 9.17) is 5.73 Å². The monoisotopic (exact) mass is 152 g/mol. The summed E-state index contributed by atoms with van der Waals surface area (Å²) in [6, 6.07) is 0. The van der Waals surface area contributed by atoms with Crippen molar-refractivity contribution in [1.82, 2.24) is 0 Å². The van der Waals surface area contributed by atoms with Gasteiger partial charge in [-0.15, -0.1) is 0 Å². The van der Waals surface area contributed by atoms with Crippen LogP contribution in [0, 0.1) is 0 Å². The highest BCUT2D eigenvalue weighted by atomic mass is 16.3. The largest absolute Gasteiger partial charge is 0.400 e. The third-order valence-corrected chi connectivity index (χ3v) is 2.33. The summed E-state index contributed by atoms with van der Waals surface area (Å²) in [4.78, 5) is 4.25. The number of hydrogen-bond donors (Lipinski definition) is 2. The van der Waals surface area contributed by atoms with Crippen LogP contribution in [0.1, 0.15) is 19.3 Å². The van der Waals surface area contributed by atoms with E-state index in [9.17, 15) is 5.11 Å². The molecular weight excluding hydrogens is 140 g/mol. The fourth-order valence-corrected chi connectivity index (χ4v) is 1.69. The molecule has 1 aliphatic heterocycles. The second kappa shape index (κ2) is 2.34. The molecule has 3 N–H and O–H groups in total. The summed E-state index contributed by atoms with van der Waals surface area (Å²) >= 11 is 0. The Balaban J connectivity index is 2.23. The van der Waals surface area contributed by atoms with Gasteiger partial charge in [-0.3, -0.25) is 4.99 Å². The van der Waals surface area contributed by atoms with E-state index in [-0.39, 0.29) is 6.10 Å². The van der Waals surface area contributed by atoms with Gasteiger partial charge >= 0.3 is 0 Å². The van der Waals surface area contributed by atoms with Crippen LogP contribution in [0.15, 0.2) is 16.3 Å². The van der Waals surface area contributed by atoms with Crippen LogP contribution >= 0.6 is 0 Å². The van der Waals surface area contributed by atoms with Crippen molar-refractivity contribution < 1.29 is 5.11 Å². The highest BCUT2D eigenvalue weighted by molar-refractivity contribution is 6.03. The molecule has 11 heavy (non-hydrogen) atoms. The van der Waals surface area contributed by atoms with Gasteiger partial charge in [0.05, 0.1) is 12.6 Å². The molecule has 0 aromatic carbocycles. The average molecular weight is 152 g/mol. The van der Waals surface area contributed by atoms with Crippen LogP contribution in [0.25, 0.3) is 0 Å². The van der Waals surface area contributed by atoms with Gasteiger partial charge < -0.3 is 10.8 Å². The molecule has 0 aromatic heterocycles. The molecule has 0 aromatic rings. The molecule has 3 nitrogen and oxygen atoms in total. The molecule has 1 aliphatic carbocycles. The van der Waals surface area contributed by atoms with Gasteiger partial charge in [0, 0.05) is 17.8 Å². The van der Waals surface area contributed by atoms with Gasteiger partial charge in [0.15, 0.2) is 0 Å². The van der Waals surface area contributed by atoms with Crippen molar-refractivity contribution >= 4 is 5.71 Å². The molecule has 0 spiro atoms. The molecule has 60 valence electrons. The van der Waals surface area contributed by atoms with Gasteiger partial charge in [0.1, 0.15) is 0 Å². The minimum absolute atomic E-state index is 0.191. The van der Waals surface area contributed by atoms with Crippen molar-refractivity contribution in [2.75, 3.05) is 6.54 Å².